The summed E-state index contributed by atoms with van der Waals surface area (Å²) in [6.45, 7) is 4.60. The summed E-state index contributed by atoms with van der Waals surface area (Å²) >= 11 is 0. The zero-order valence-electron chi connectivity index (χ0n) is 19.8. The van der Waals surface area contributed by atoms with Gasteiger partial charge in [-0.3, -0.25) is 0 Å². The summed E-state index contributed by atoms with van der Waals surface area (Å²) in [5.41, 5.74) is 0.0391. The fourth-order valence-corrected chi connectivity index (χ4v) is 7.60. The van der Waals surface area contributed by atoms with E-state index in [1.807, 2.05) is 0 Å². The van der Waals surface area contributed by atoms with E-state index in [0.29, 0.717) is 0 Å². The minimum atomic E-state index is 0.0391. The van der Waals surface area contributed by atoms with Gasteiger partial charge in [0.1, 0.15) is 0 Å². The summed E-state index contributed by atoms with van der Waals surface area (Å²) in [4.78, 5) is 0. The Labute approximate surface area is 182 Å². The molecule has 0 aromatic carbocycles. The van der Waals surface area contributed by atoms with Crippen LogP contribution in [-0.2, 0) is 0 Å². The van der Waals surface area contributed by atoms with Crippen LogP contribution in [0.25, 0.3) is 0 Å². The van der Waals surface area contributed by atoms with Crippen LogP contribution in [0.5, 0.6) is 0 Å². The SMILES string of the molecule is CCCCCCC[C@@H]1CCC2C(CCC3C[C@](C#N)(CCCCCC)CCC32)C1. The Morgan fingerprint density at radius 1 is 0.759 bits per heavy atom. The summed E-state index contributed by atoms with van der Waals surface area (Å²) in [5.74, 6) is 4.93. The fraction of sp³-hybridized carbons (Fsp3) is 0.964. The number of nitriles is 1. The van der Waals surface area contributed by atoms with Crippen LogP contribution in [0, 0.1) is 46.3 Å². The summed E-state index contributed by atoms with van der Waals surface area (Å²) < 4.78 is 0. The summed E-state index contributed by atoms with van der Waals surface area (Å²) in [6.07, 6.45) is 26.5. The zero-order valence-corrected chi connectivity index (χ0v) is 19.8. The van der Waals surface area contributed by atoms with Crippen LogP contribution in [0.15, 0.2) is 0 Å². The first-order valence-electron chi connectivity index (χ1n) is 13.6. The minimum Gasteiger partial charge on any atom is -0.198 e. The normalized spacial score (nSPS) is 36.8. The standard InChI is InChI=1S/C28H49N/c1-3-5-7-9-10-12-23-13-16-26-24(20-23)14-15-25-21-28(22-29,19-17-27(25)26)18-11-8-6-4-2/h23-27H,3-21H2,1-2H3/t23-,24?,25?,26?,27?,28+/m1/s1. The molecule has 3 fully saturated rings. The van der Waals surface area contributed by atoms with E-state index in [0.717, 1.165) is 29.6 Å². The Bertz CT molecular complexity index is 505. The molecule has 0 aromatic heterocycles. The van der Waals surface area contributed by atoms with Crippen LogP contribution >= 0.6 is 0 Å². The Balaban J connectivity index is 1.45. The smallest absolute Gasteiger partial charge is 0.0689 e. The highest BCUT2D eigenvalue weighted by atomic mass is 14.5. The molecule has 0 radical (unpaired) electrons. The predicted octanol–water partition coefficient (Wildman–Crippen LogP) is 9.07. The number of nitrogens with zero attached hydrogens (tertiary/aromatic N) is 1. The Kier molecular flexibility index (Phi) is 9.40. The summed E-state index contributed by atoms with van der Waals surface area (Å²) in [5, 5.41) is 10.0. The van der Waals surface area contributed by atoms with Gasteiger partial charge in [0.05, 0.1) is 11.5 Å². The van der Waals surface area contributed by atoms with Crippen molar-refractivity contribution in [3.63, 3.8) is 0 Å². The highest BCUT2D eigenvalue weighted by Crippen LogP contribution is 2.57. The topological polar surface area (TPSA) is 23.8 Å². The molecule has 0 bridgehead atoms. The van der Waals surface area contributed by atoms with Crippen molar-refractivity contribution in [3.05, 3.63) is 0 Å². The van der Waals surface area contributed by atoms with Gasteiger partial charge in [0, 0.05) is 0 Å². The molecule has 0 N–H and O–H groups in total. The lowest BCUT2D eigenvalue weighted by atomic mass is 9.52. The molecule has 3 aliphatic rings. The summed E-state index contributed by atoms with van der Waals surface area (Å²) in [7, 11) is 0. The molecule has 0 aromatic rings. The van der Waals surface area contributed by atoms with Gasteiger partial charge < -0.3 is 0 Å². The molecule has 166 valence electrons. The number of rotatable bonds is 11. The van der Waals surface area contributed by atoms with Gasteiger partial charge in [-0.15, -0.1) is 0 Å². The first-order valence-corrected chi connectivity index (χ1v) is 13.6. The molecule has 3 aliphatic carbocycles. The molecule has 0 aliphatic heterocycles. The Hall–Kier alpha value is -0.510. The highest BCUT2D eigenvalue weighted by molar-refractivity contribution is 5.06. The molecule has 1 heteroatoms. The van der Waals surface area contributed by atoms with Gasteiger partial charge in [-0.1, -0.05) is 84.5 Å². The van der Waals surface area contributed by atoms with Crippen molar-refractivity contribution in [2.75, 3.05) is 0 Å². The molecular formula is C28H49N. The van der Waals surface area contributed by atoms with Crippen LogP contribution in [0.1, 0.15) is 136 Å². The predicted molar refractivity (Wildman–Crippen MR) is 125 cm³/mol. The Morgan fingerprint density at radius 2 is 1.45 bits per heavy atom. The van der Waals surface area contributed by atoms with E-state index in [1.54, 1.807) is 6.42 Å². The largest absolute Gasteiger partial charge is 0.198 e. The maximum atomic E-state index is 10.0. The van der Waals surface area contributed by atoms with Gasteiger partial charge in [-0.25, -0.2) is 0 Å². The zero-order chi connectivity index (χ0) is 20.5. The van der Waals surface area contributed by atoms with E-state index in [-0.39, 0.29) is 5.41 Å². The second-order valence-electron chi connectivity index (χ2n) is 11.3. The number of hydrogen-bond acceptors (Lipinski definition) is 1. The Morgan fingerprint density at radius 3 is 2.21 bits per heavy atom. The molecule has 0 spiro atoms. The number of unbranched alkanes of at least 4 members (excludes halogenated alkanes) is 7. The van der Waals surface area contributed by atoms with Crippen molar-refractivity contribution in [1.82, 2.24) is 0 Å². The van der Waals surface area contributed by atoms with Crippen molar-refractivity contribution >= 4 is 0 Å². The van der Waals surface area contributed by atoms with E-state index in [9.17, 15) is 5.26 Å². The second kappa shape index (κ2) is 11.8. The second-order valence-corrected chi connectivity index (χ2v) is 11.3. The van der Waals surface area contributed by atoms with Crippen LogP contribution in [-0.4, -0.2) is 0 Å². The van der Waals surface area contributed by atoms with Crippen LogP contribution in [0.3, 0.4) is 0 Å². The lowest BCUT2D eigenvalue weighted by molar-refractivity contribution is -0.0181. The first-order chi connectivity index (χ1) is 14.2. The third-order valence-electron chi connectivity index (χ3n) is 9.28. The summed E-state index contributed by atoms with van der Waals surface area (Å²) in [6, 6.07) is 2.84. The average molecular weight is 400 g/mol. The lowest BCUT2D eigenvalue weighted by Gasteiger charge is -2.52. The first kappa shape index (κ1) is 23.2. The third kappa shape index (κ3) is 6.24. The quantitative estimate of drug-likeness (QED) is 0.318. The van der Waals surface area contributed by atoms with Crippen molar-refractivity contribution < 1.29 is 0 Å². The van der Waals surface area contributed by atoms with E-state index < -0.39 is 0 Å². The molecule has 3 saturated carbocycles. The third-order valence-corrected chi connectivity index (χ3v) is 9.28. The van der Waals surface area contributed by atoms with Gasteiger partial charge in [0.2, 0.25) is 0 Å². The van der Waals surface area contributed by atoms with Crippen LogP contribution in [0.2, 0.25) is 0 Å². The molecule has 1 nitrogen and oxygen atoms in total. The maximum Gasteiger partial charge on any atom is 0.0689 e. The van der Waals surface area contributed by atoms with E-state index in [2.05, 4.69) is 19.9 Å². The van der Waals surface area contributed by atoms with Gasteiger partial charge in [0.25, 0.3) is 0 Å². The number of fused-ring (bicyclic) bond motifs is 3. The molecule has 6 atom stereocenters. The van der Waals surface area contributed by atoms with Crippen LogP contribution < -0.4 is 0 Å². The molecule has 0 heterocycles. The molecule has 3 rings (SSSR count). The van der Waals surface area contributed by atoms with Crippen molar-refractivity contribution in [1.29, 1.82) is 5.26 Å². The molecule has 29 heavy (non-hydrogen) atoms. The van der Waals surface area contributed by atoms with Gasteiger partial charge in [0.15, 0.2) is 0 Å². The van der Waals surface area contributed by atoms with Crippen LogP contribution in [0.4, 0.5) is 0 Å². The number of hydrogen-bond donors (Lipinski definition) is 0. The van der Waals surface area contributed by atoms with E-state index in [4.69, 9.17) is 0 Å². The van der Waals surface area contributed by atoms with E-state index >= 15 is 0 Å². The molecule has 0 saturated heterocycles. The monoisotopic (exact) mass is 399 g/mol. The lowest BCUT2D eigenvalue weighted by Crippen LogP contribution is -2.44. The van der Waals surface area contributed by atoms with Crippen molar-refractivity contribution in [3.8, 4) is 6.07 Å². The highest BCUT2D eigenvalue weighted by Gasteiger charge is 2.48. The van der Waals surface area contributed by atoms with Crippen molar-refractivity contribution in [2.24, 2.45) is 35.0 Å². The van der Waals surface area contributed by atoms with Gasteiger partial charge in [-0.05, 0) is 81.0 Å². The molecular weight excluding hydrogens is 350 g/mol. The average Bonchev–Trinajstić information content (AvgIpc) is 2.76. The van der Waals surface area contributed by atoms with Crippen molar-refractivity contribution in [2.45, 2.75) is 136 Å². The van der Waals surface area contributed by atoms with Gasteiger partial charge >= 0.3 is 0 Å². The molecule has 4 unspecified atom stereocenters. The maximum absolute atomic E-state index is 10.0. The molecule has 0 amide bonds. The van der Waals surface area contributed by atoms with E-state index in [1.165, 1.54) is 116 Å². The fourth-order valence-electron chi connectivity index (χ4n) is 7.60. The minimum absolute atomic E-state index is 0.0391. The van der Waals surface area contributed by atoms with Gasteiger partial charge in [-0.2, -0.15) is 5.26 Å².